The predicted molar refractivity (Wildman–Crippen MR) is 244 cm³/mol. The average molecular weight is 849 g/mol. The molecular formula is C50H56N8O5. The number of amides is 6. The van der Waals surface area contributed by atoms with Crippen molar-refractivity contribution in [2.24, 2.45) is 0 Å². The monoisotopic (exact) mass is 848 g/mol. The van der Waals surface area contributed by atoms with Gasteiger partial charge in [-0.1, -0.05) is 123 Å². The van der Waals surface area contributed by atoms with E-state index in [2.05, 4.69) is 21.3 Å². The first-order valence-corrected chi connectivity index (χ1v) is 21.6. The van der Waals surface area contributed by atoms with Gasteiger partial charge in [0, 0.05) is 24.9 Å². The van der Waals surface area contributed by atoms with Gasteiger partial charge in [0.15, 0.2) is 0 Å². The van der Waals surface area contributed by atoms with Crippen LogP contribution in [0.1, 0.15) is 49.2 Å². The van der Waals surface area contributed by atoms with Gasteiger partial charge in [-0.3, -0.25) is 19.6 Å². The van der Waals surface area contributed by atoms with E-state index < -0.39 is 48.4 Å². The second-order valence-corrected chi connectivity index (χ2v) is 16.2. The first-order valence-electron chi connectivity index (χ1n) is 21.6. The van der Waals surface area contributed by atoms with Gasteiger partial charge in [0.05, 0.1) is 47.6 Å². The molecule has 0 radical (unpaired) electrons. The van der Waals surface area contributed by atoms with Crippen LogP contribution < -0.4 is 21.3 Å². The number of carbonyl (C=O) groups is 4. The zero-order valence-corrected chi connectivity index (χ0v) is 36.2. The van der Waals surface area contributed by atoms with Crippen molar-refractivity contribution in [2.45, 2.75) is 89.0 Å². The molecule has 6 aromatic rings. The number of nitrogens with zero attached hydrogens (tertiary/aromatic N) is 4. The number of aromatic nitrogens is 2. The lowest BCUT2D eigenvalue weighted by Gasteiger charge is -2.26. The molecule has 2 aromatic heterocycles. The highest BCUT2D eigenvalue weighted by Gasteiger charge is 2.51. The number of pyridine rings is 2. The highest BCUT2D eigenvalue weighted by Crippen LogP contribution is 2.32. The Morgan fingerprint density at radius 1 is 0.524 bits per heavy atom. The minimum atomic E-state index is -0.816. The summed E-state index contributed by atoms with van der Waals surface area (Å²) in [6.07, 6.45) is 0.740. The Morgan fingerprint density at radius 2 is 0.905 bits per heavy atom. The molecule has 7 rings (SSSR count). The Balaban J connectivity index is 1.01. The lowest BCUT2D eigenvalue weighted by atomic mass is 9.95. The summed E-state index contributed by atoms with van der Waals surface area (Å²) < 4.78 is 6.41. The molecule has 0 unspecified atom stereocenters. The van der Waals surface area contributed by atoms with E-state index in [1.165, 1.54) is 9.80 Å². The van der Waals surface area contributed by atoms with Gasteiger partial charge in [0.1, 0.15) is 24.3 Å². The number of hydrogen-bond donors (Lipinski definition) is 4. The lowest BCUT2D eigenvalue weighted by molar-refractivity contribution is -0.124. The smallest absolute Gasteiger partial charge is 0.318 e. The number of urea groups is 2. The largest absolute Gasteiger partial charge is 0.365 e. The Bertz CT molecular complexity index is 2330. The van der Waals surface area contributed by atoms with Crippen molar-refractivity contribution in [3.8, 4) is 0 Å². The van der Waals surface area contributed by atoms with Crippen LogP contribution in [0.15, 0.2) is 133 Å². The third-order valence-corrected chi connectivity index (χ3v) is 11.5. The fourth-order valence-electron chi connectivity index (χ4n) is 7.83. The van der Waals surface area contributed by atoms with E-state index in [4.69, 9.17) is 14.7 Å². The fraction of sp³-hybridized carbons (Fsp3) is 0.320. The molecule has 4 N–H and O–H groups in total. The van der Waals surface area contributed by atoms with Crippen molar-refractivity contribution < 1.29 is 23.9 Å². The molecule has 4 aromatic carbocycles. The number of carbonyl (C=O) groups excluding carboxylic acids is 4. The van der Waals surface area contributed by atoms with E-state index in [-0.39, 0.29) is 24.9 Å². The van der Waals surface area contributed by atoms with E-state index in [0.29, 0.717) is 25.7 Å². The minimum absolute atomic E-state index is 0.263. The zero-order chi connectivity index (χ0) is 44.3. The summed E-state index contributed by atoms with van der Waals surface area (Å²) in [4.78, 5) is 67.4. The molecule has 1 fully saturated rings. The molecule has 6 amide bonds. The number of fused-ring (bicyclic) bond motifs is 2. The number of para-hydroxylation sites is 2. The highest BCUT2D eigenvalue weighted by molar-refractivity contribution is 5.88. The number of rotatable bonds is 18. The van der Waals surface area contributed by atoms with Crippen LogP contribution in [0, 0.1) is 0 Å². The lowest BCUT2D eigenvalue weighted by Crippen LogP contribution is -2.55. The van der Waals surface area contributed by atoms with Crippen LogP contribution in [0.4, 0.5) is 9.59 Å². The van der Waals surface area contributed by atoms with E-state index >= 15 is 0 Å². The van der Waals surface area contributed by atoms with Crippen LogP contribution in [0.2, 0.25) is 0 Å². The van der Waals surface area contributed by atoms with Gasteiger partial charge in [0.2, 0.25) is 11.8 Å². The van der Waals surface area contributed by atoms with Crippen LogP contribution in [0.3, 0.4) is 0 Å². The summed E-state index contributed by atoms with van der Waals surface area (Å²) in [5.41, 5.74) is 5.15. The Labute approximate surface area is 368 Å². The van der Waals surface area contributed by atoms with Crippen molar-refractivity contribution in [1.29, 1.82) is 0 Å². The number of ether oxygens (including phenoxy) is 1. The third kappa shape index (κ3) is 11.7. The van der Waals surface area contributed by atoms with E-state index in [1.807, 2.05) is 147 Å². The number of benzene rings is 4. The maximum atomic E-state index is 14.0. The molecule has 1 aliphatic heterocycles. The van der Waals surface area contributed by atoms with Gasteiger partial charge in [-0.15, -0.1) is 0 Å². The van der Waals surface area contributed by atoms with E-state index in [9.17, 15) is 19.2 Å². The standard InChI is InChI=1S/C50H56N8O5/c1-5-39(55-49(61)57(3)31-37-27-25-35-21-13-15-23-41(35)51-37)47(59)53-43(29-33-17-9-7-10-18-33)45-46(63-45)44(30-34-19-11-8-12-20-34)54-48(60)40(6-2)56-50(62)58(4)32-38-28-26-36-22-14-16-24-42(36)52-38/h7-28,39-40,43-46H,5-6,29-32H2,1-4H3,(H,53,59)(H,54,60)(H,55,61)(H,56,62)/t39-,40-,43-,44-,45-,46+/m0/s1. The van der Waals surface area contributed by atoms with Gasteiger partial charge >= 0.3 is 12.1 Å². The molecule has 0 spiro atoms. The summed E-state index contributed by atoms with van der Waals surface area (Å²) in [5, 5.41) is 14.3. The number of nitrogens with one attached hydrogen (secondary N) is 4. The van der Waals surface area contributed by atoms with Gasteiger partial charge in [-0.25, -0.2) is 9.59 Å². The highest BCUT2D eigenvalue weighted by atomic mass is 16.6. The summed E-state index contributed by atoms with van der Waals surface area (Å²) in [6.45, 7) is 4.23. The minimum Gasteiger partial charge on any atom is -0.365 e. The zero-order valence-electron chi connectivity index (χ0n) is 36.2. The third-order valence-electron chi connectivity index (χ3n) is 11.5. The first kappa shape index (κ1) is 44.2. The predicted octanol–water partition coefficient (Wildman–Crippen LogP) is 6.55. The number of epoxide rings is 1. The molecule has 0 aliphatic carbocycles. The van der Waals surface area contributed by atoms with Crippen molar-refractivity contribution in [3.63, 3.8) is 0 Å². The molecule has 0 bridgehead atoms. The van der Waals surface area contributed by atoms with Gasteiger partial charge in [-0.05, 0) is 61.1 Å². The Kier molecular flexibility index (Phi) is 14.6. The summed E-state index contributed by atoms with van der Waals surface area (Å²) in [7, 11) is 3.35. The summed E-state index contributed by atoms with van der Waals surface area (Å²) in [5.74, 6) is -0.669. The van der Waals surface area contributed by atoms with Crippen molar-refractivity contribution >= 4 is 45.7 Å². The average Bonchev–Trinajstić information content (AvgIpc) is 4.11. The molecule has 13 nitrogen and oxygen atoms in total. The van der Waals surface area contributed by atoms with Crippen molar-refractivity contribution in [3.05, 3.63) is 156 Å². The van der Waals surface area contributed by atoms with Gasteiger partial charge < -0.3 is 35.8 Å². The Hall–Kier alpha value is -6.86. The maximum Gasteiger partial charge on any atom is 0.318 e. The molecule has 63 heavy (non-hydrogen) atoms. The molecule has 0 saturated carbocycles. The molecule has 3 heterocycles. The molecule has 326 valence electrons. The van der Waals surface area contributed by atoms with Crippen LogP contribution >= 0.6 is 0 Å². The van der Waals surface area contributed by atoms with Crippen LogP contribution in [0.5, 0.6) is 0 Å². The number of hydrogen-bond acceptors (Lipinski definition) is 7. The van der Waals surface area contributed by atoms with Crippen LogP contribution in [-0.2, 0) is 40.3 Å². The van der Waals surface area contributed by atoms with E-state index in [1.54, 1.807) is 14.1 Å². The van der Waals surface area contributed by atoms with Gasteiger partial charge in [-0.2, -0.15) is 0 Å². The van der Waals surface area contributed by atoms with Crippen LogP contribution in [-0.4, -0.2) is 94.1 Å². The van der Waals surface area contributed by atoms with Crippen molar-refractivity contribution in [2.75, 3.05) is 14.1 Å². The molecule has 1 saturated heterocycles. The van der Waals surface area contributed by atoms with Crippen molar-refractivity contribution in [1.82, 2.24) is 41.0 Å². The normalized spacial score (nSPS) is 16.3. The maximum absolute atomic E-state index is 14.0. The van der Waals surface area contributed by atoms with Crippen LogP contribution in [0.25, 0.3) is 21.8 Å². The molecule has 1 aliphatic rings. The van der Waals surface area contributed by atoms with E-state index in [0.717, 1.165) is 44.3 Å². The SMILES string of the molecule is CC[C@H](NC(=O)N(C)Cc1ccc2ccccc2n1)C(=O)N[C@@H](Cc1ccccc1)[C@@H]1O[C@@H]1[C@H](Cc1ccccc1)NC(=O)[C@H](CC)NC(=O)N(C)Cc1ccc2ccccc2n1. The molecular weight excluding hydrogens is 793 g/mol. The van der Waals surface area contributed by atoms with Gasteiger partial charge in [0.25, 0.3) is 0 Å². The topological polar surface area (TPSA) is 161 Å². The summed E-state index contributed by atoms with van der Waals surface area (Å²) >= 11 is 0. The molecule has 6 atom stereocenters. The summed E-state index contributed by atoms with van der Waals surface area (Å²) in [6, 6.07) is 39.6. The quantitative estimate of drug-likeness (QED) is 0.0715. The first-order chi connectivity index (χ1) is 30.6. The second kappa shape index (κ2) is 20.8. The Morgan fingerprint density at radius 3 is 1.30 bits per heavy atom. The molecule has 13 heteroatoms. The second-order valence-electron chi connectivity index (χ2n) is 16.2. The fourth-order valence-corrected chi connectivity index (χ4v) is 7.83.